The molecule has 4 heteroatoms. The van der Waals surface area contributed by atoms with Gasteiger partial charge in [0.25, 0.3) is 0 Å². The van der Waals surface area contributed by atoms with Crippen molar-refractivity contribution in [1.82, 2.24) is 0 Å². The van der Waals surface area contributed by atoms with Crippen molar-refractivity contribution in [3.63, 3.8) is 0 Å². The normalized spacial score (nSPS) is 11.8. The van der Waals surface area contributed by atoms with Gasteiger partial charge < -0.3 is 14.6 Å². The van der Waals surface area contributed by atoms with E-state index in [0.717, 1.165) is 5.56 Å². The molecule has 0 N–H and O–H groups in total. The van der Waals surface area contributed by atoms with Gasteiger partial charge in [0, 0.05) is 12.4 Å². The first-order valence-corrected chi connectivity index (χ1v) is 4.95. The van der Waals surface area contributed by atoms with Gasteiger partial charge in [-0.2, -0.15) is 0 Å². The third-order valence-corrected chi connectivity index (χ3v) is 2.27. The summed E-state index contributed by atoms with van der Waals surface area (Å²) in [6.45, 7) is 0. The molecule has 0 amide bonds. The maximum atomic E-state index is 11.3. The van der Waals surface area contributed by atoms with Gasteiger partial charge in [-0.1, -0.05) is 30.3 Å². The Kier molecular flexibility index (Phi) is 4.51. The minimum Gasteiger partial charge on any atom is -0.550 e. The van der Waals surface area contributed by atoms with Crippen molar-refractivity contribution in [3.05, 3.63) is 35.9 Å². The van der Waals surface area contributed by atoms with Crippen LogP contribution in [0.4, 0.5) is 0 Å². The third-order valence-electron chi connectivity index (χ3n) is 2.27. The van der Waals surface area contributed by atoms with Gasteiger partial charge in [-0.25, -0.2) is 0 Å². The number of methoxy groups -OCH3 is 1. The Morgan fingerprint density at radius 2 is 1.94 bits per heavy atom. The Bertz CT molecular complexity index is 359. The maximum absolute atomic E-state index is 11.3. The van der Waals surface area contributed by atoms with Gasteiger partial charge in [-0.15, -0.1) is 0 Å². The van der Waals surface area contributed by atoms with Crippen LogP contribution in [0.3, 0.4) is 0 Å². The molecule has 16 heavy (non-hydrogen) atoms. The second kappa shape index (κ2) is 5.90. The van der Waals surface area contributed by atoms with Crippen LogP contribution in [0, 0.1) is 5.92 Å². The number of benzene rings is 1. The van der Waals surface area contributed by atoms with E-state index in [1.165, 1.54) is 7.11 Å². The lowest BCUT2D eigenvalue weighted by Crippen LogP contribution is -2.30. The van der Waals surface area contributed by atoms with Crippen molar-refractivity contribution < 1.29 is 19.4 Å². The molecule has 0 unspecified atom stereocenters. The van der Waals surface area contributed by atoms with Crippen LogP contribution in [-0.2, 0) is 20.7 Å². The number of hydrogen-bond donors (Lipinski definition) is 0. The molecule has 0 spiro atoms. The highest BCUT2D eigenvalue weighted by molar-refractivity contribution is 5.78. The standard InChI is InChI=1S/C12H14O4/c1-16-12(15)10(8-11(13)14)7-9-5-3-2-4-6-9/h2-6,10H,7-8H2,1H3,(H,13,14)/p-1/t10-/m1/s1. The molecule has 0 fully saturated rings. The number of rotatable bonds is 5. The van der Waals surface area contributed by atoms with Gasteiger partial charge in [-0.3, -0.25) is 4.79 Å². The van der Waals surface area contributed by atoms with Gasteiger partial charge >= 0.3 is 5.97 Å². The van der Waals surface area contributed by atoms with Crippen molar-refractivity contribution in [2.24, 2.45) is 5.92 Å². The molecular weight excluding hydrogens is 208 g/mol. The van der Waals surface area contributed by atoms with Gasteiger partial charge in [0.05, 0.1) is 13.0 Å². The van der Waals surface area contributed by atoms with E-state index >= 15 is 0 Å². The Labute approximate surface area is 93.9 Å². The molecule has 1 aromatic carbocycles. The molecule has 0 aromatic heterocycles. The zero-order valence-corrected chi connectivity index (χ0v) is 9.01. The minimum atomic E-state index is -1.24. The molecule has 1 aromatic rings. The molecule has 0 radical (unpaired) electrons. The summed E-state index contributed by atoms with van der Waals surface area (Å²) < 4.78 is 4.56. The molecule has 0 aliphatic carbocycles. The third kappa shape index (κ3) is 3.73. The number of ether oxygens (including phenoxy) is 1. The number of aliphatic carboxylic acids is 1. The topological polar surface area (TPSA) is 66.4 Å². The Hall–Kier alpha value is -1.84. The van der Waals surface area contributed by atoms with Crippen LogP contribution in [0.1, 0.15) is 12.0 Å². The summed E-state index contributed by atoms with van der Waals surface area (Å²) in [4.78, 5) is 21.8. The fraction of sp³-hybridized carbons (Fsp3) is 0.333. The Morgan fingerprint density at radius 3 is 2.44 bits per heavy atom. The van der Waals surface area contributed by atoms with Crippen molar-refractivity contribution in [3.8, 4) is 0 Å². The van der Waals surface area contributed by atoms with E-state index in [2.05, 4.69) is 4.74 Å². The van der Waals surface area contributed by atoms with Crippen molar-refractivity contribution in [1.29, 1.82) is 0 Å². The van der Waals surface area contributed by atoms with Crippen LogP contribution < -0.4 is 5.11 Å². The monoisotopic (exact) mass is 221 g/mol. The molecule has 4 nitrogen and oxygen atoms in total. The maximum Gasteiger partial charge on any atom is 0.309 e. The van der Waals surface area contributed by atoms with Gasteiger partial charge in [0.15, 0.2) is 0 Å². The average molecular weight is 221 g/mol. The van der Waals surface area contributed by atoms with Crippen LogP contribution >= 0.6 is 0 Å². The van der Waals surface area contributed by atoms with Crippen LogP contribution in [0.2, 0.25) is 0 Å². The Balaban J connectivity index is 2.70. The SMILES string of the molecule is COC(=O)[C@@H](CC(=O)[O-])Cc1ccccc1. The molecule has 86 valence electrons. The summed E-state index contributed by atoms with van der Waals surface area (Å²) in [5, 5.41) is 10.5. The van der Waals surface area contributed by atoms with E-state index in [0.29, 0.717) is 6.42 Å². The Morgan fingerprint density at radius 1 is 1.31 bits per heavy atom. The average Bonchev–Trinajstić information content (AvgIpc) is 2.28. The second-order valence-electron chi connectivity index (χ2n) is 3.49. The van der Waals surface area contributed by atoms with E-state index in [9.17, 15) is 14.7 Å². The van der Waals surface area contributed by atoms with Crippen molar-refractivity contribution in [2.45, 2.75) is 12.8 Å². The molecule has 0 bridgehead atoms. The fourth-order valence-corrected chi connectivity index (χ4v) is 1.51. The first kappa shape index (κ1) is 12.2. The quantitative estimate of drug-likeness (QED) is 0.664. The highest BCUT2D eigenvalue weighted by atomic mass is 16.5. The molecule has 0 aliphatic heterocycles. The summed E-state index contributed by atoms with van der Waals surface area (Å²) in [6, 6.07) is 9.21. The van der Waals surface area contributed by atoms with E-state index in [4.69, 9.17) is 0 Å². The van der Waals surface area contributed by atoms with Gasteiger partial charge in [0.2, 0.25) is 0 Å². The zero-order valence-electron chi connectivity index (χ0n) is 9.01. The number of carboxylic acid groups (broad SMARTS) is 1. The van der Waals surface area contributed by atoms with Crippen molar-refractivity contribution in [2.75, 3.05) is 7.11 Å². The number of hydrogen-bond acceptors (Lipinski definition) is 4. The summed E-state index contributed by atoms with van der Waals surface area (Å²) in [7, 11) is 1.25. The summed E-state index contributed by atoms with van der Waals surface area (Å²) in [5.41, 5.74) is 0.902. The fourth-order valence-electron chi connectivity index (χ4n) is 1.51. The lowest BCUT2D eigenvalue weighted by molar-refractivity contribution is -0.306. The minimum absolute atomic E-state index is 0.318. The predicted octanol–water partition coefficient (Wildman–Crippen LogP) is 0.158. The molecule has 0 saturated carbocycles. The summed E-state index contributed by atoms with van der Waals surface area (Å²) in [6.07, 6.45) is 0.0308. The number of esters is 1. The molecular formula is C12H13O4-. The molecule has 1 rings (SSSR count). The van der Waals surface area contributed by atoms with E-state index in [1.54, 1.807) is 0 Å². The second-order valence-corrected chi connectivity index (χ2v) is 3.49. The van der Waals surface area contributed by atoms with Crippen molar-refractivity contribution >= 4 is 11.9 Å². The number of carbonyl (C=O) groups is 2. The van der Waals surface area contributed by atoms with E-state index < -0.39 is 17.9 Å². The first-order valence-electron chi connectivity index (χ1n) is 4.95. The molecule has 0 heterocycles. The van der Waals surface area contributed by atoms with Gasteiger partial charge in [0.1, 0.15) is 0 Å². The van der Waals surface area contributed by atoms with Crippen LogP contribution in [0.25, 0.3) is 0 Å². The summed E-state index contributed by atoms with van der Waals surface area (Å²) >= 11 is 0. The highest BCUT2D eigenvalue weighted by Crippen LogP contribution is 2.13. The summed E-state index contributed by atoms with van der Waals surface area (Å²) in [5.74, 6) is -2.45. The zero-order chi connectivity index (χ0) is 12.0. The smallest absolute Gasteiger partial charge is 0.309 e. The lowest BCUT2D eigenvalue weighted by Gasteiger charge is -2.14. The highest BCUT2D eigenvalue weighted by Gasteiger charge is 2.19. The van der Waals surface area contributed by atoms with Crippen LogP contribution in [-0.4, -0.2) is 19.0 Å². The molecule has 1 atom stereocenters. The first-order chi connectivity index (χ1) is 7.63. The lowest BCUT2D eigenvalue weighted by atomic mass is 9.96. The van der Waals surface area contributed by atoms with E-state index in [1.807, 2.05) is 30.3 Å². The van der Waals surface area contributed by atoms with Crippen LogP contribution in [0.15, 0.2) is 30.3 Å². The predicted molar refractivity (Wildman–Crippen MR) is 55.3 cm³/mol. The number of carbonyl (C=O) groups excluding carboxylic acids is 2. The molecule has 0 aliphatic rings. The van der Waals surface area contributed by atoms with Crippen LogP contribution in [0.5, 0.6) is 0 Å². The van der Waals surface area contributed by atoms with E-state index in [-0.39, 0.29) is 6.42 Å². The number of carboxylic acids is 1. The largest absolute Gasteiger partial charge is 0.550 e. The molecule has 0 saturated heterocycles. The van der Waals surface area contributed by atoms with Gasteiger partial charge in [-0.05, 0) is 12.0 Å².